The Balaban J connectivity index is 1.58. The summed E-state index contributed by atoms with van der Waals surface area (Å²) in [5, 5.41) is 2.93. The molecule has 2 aromatic rings. The highest BCUT2D eigenvalue weighted by Gasteiger charge is 2.30. The summed E-state index contributed by atoms with van der Waals surface area (Å²) in [7, 11) is 0. The fraction of sp³-hybridized carbons (Fsp3) is 0.263. The van der Waals surface area contributed by atoms with Gasteiger partial charge < -0.3 is 10.2 Å². The molecule has 3 rings (SSSR count). The average Bonchev–Trinajstić information content (AvgIpc) is 2.94. The van der Waals surface area contributed by atoms with Crippen LogP contribution in [0.1, 0.15) is 22.3 Å². The van der Waals surface area contributed by atoms with E-state index in [-0.39, 0.29) is 17.7 Å². The van der Waals surface area contributed by atoms with E-state index in [1.54, 1.807) is 17.0 Å². The fourth-order valence-corrected chi connectivity index (χ4v) is 3.26. The van der Waals surface area contributed by atoms with Gasteiger partial charge in [-0.05, 0) is 37.3 Å². The van der Waals surface area contributed by atoms with Crippen molar-refractivity contribution in [3.05, 3.63) is 64.1 Å². The van der Waals surface area contributed by atoms with E-state index in [1.165, 1.54) is 5.56 Å². The summed E-state index contributed by atoms with van der Waals surface area (Å²) in [4.78, 5) is 26.2. The van der Waals surface area contributed by atoms with Gasteiger partial charge in [-0.15, -0.1) is 0 Å². The summed E-state index contributed by atoms with van der Waals surface area (Å²) in [5.41, 5.74) is 2.71. The number of aryl methyl sites for hydroxylation is 1. The van der Waals surface area contributed by atoms with E-state index in [4.69, 9.17) is 0 Å². The second kappa shape index (κ2) is 7.18. The number of amides is 2. The molecule has 5 heteroatoms. The zero-order valence-electron chi connectivity index (χ0n) is 13.5. The molecule has 1 aliphatic rings. The van der Waals surface area contributed by atoms with E-state index in [0.717, 1.165) is 10.2 Å². The van der Waals surface area contributed by atoms with Gasteiger partial charge in [-0.2, -0.15) is 0 Å². The SMILES string of the molecule is Cc1ccc(N2CC(CNC(=O)c3cccc(Br)c3)CC2=O)cc1. The Hall–Kier alpha value is -2.14. The van der Waals surface area contributed by atoms with Crippen LogP contribution in [0.4, 0.5) is 5.69 Å². The number of carbonyl (C=O) groups is 2. The van der Waals surface area contributed by atoms with Crippen molar-refractivity contribution in [3.8, 4) is 0 Å². The number of hydrogen-bond acceptors (Lipinski definition) is 2. The summed E-state index contributed by atoms with van der Waals surface area (Å²) >= 11 is 3.36. The van der Waals surface area contributed by atoms with Crippen LogP contribution in [-0.2, 0) is 4.79 Å². The maximum absolute atomic E-state index is 12.2. The lowest BCUT2D eigenvalue weighted by molar-refractivity contribution is -0.117. The molecular weight excluding hydrogens is 368 g/mol. The second-order valence-electron chi connectivity index (χ2n) is 6.13. The molecule has 124 valence electrons. The van der Waals surface area contributed by atoms with Crippen molar-refractivity contribution < 1.29 is 9.59 Å². The van der Waals surface area contributed by atoms with Crippen LogP contribution in [-0.4, -0.2) is 24.9 Å². The van der Waals surface area contributed by atoms with Gasteiger partial charge in [0.15, 0.2) is 0 Å². The predicted octanol–water partition coefficient (Wildman–Crippen LogP) is 3.54. The Morgan fingerprint density at radius 1 is 1.25 bits per heavy atom. The van der Waals surface area contributed by atoms with Crippen molar-refractivity contribution in [1.29, 1.82) is 0 Å². The van der Waals surface area contributed by atoms with E-state index in [0.29, 0.717) is 25.1 Å². The van der Waals surface area contributed by atoms with Gasteiger partial charge >= 0.3 is 0 Å². The number of halogens is 1. The van der Waals surface area contributed by atoms with Gasteiger partial charge in [-0.3, -0.25) is 9.59 Å². The van der Waals surface area contributed by atoms with Gasteiger partial charge in [0.2, 0.25) is 5.91 Å². The van der Waals surface area contributed by atoms with Gasteiger partial charge in [0.1, 0.15) is 0 Å². The molecule has 0 aromatic heterocycles. The number of nitrogens with one attached hydrogen (secondary N) is 1. The number of nitrogens with zero attached hydrogens (tertiary/aromatic N) is 1. The monoisotopic (exact) mass is 386 g/mol. The smallest absolute Gasteiger partial charge is 0.251 e. The summed E-state index contributed by atoms with van der Waals surface area (Å²) < 4.78 is 0.872. The van der Waals surface area contributed by atoms with Crippen LogP contribution in [0.2, 0.25) is 0 Å². The predicted molar refractivity (Wildman–Crippen MR) is 98.1 cm³/mol. The number of carbonyl (C=O) groups excluding carboxylic acids is 2. The van der Waals surface area contributed by atoms with Gasteiger partial charge in [0.25, 0.3) is 5.91 Å². The van der Waals surface area contributed by atoms with Crippen molar-refractivity contribution in [1.82, 2.24) is 5.32 Å². The molecule has 24 heavy (non-hydrogen) atoms. The average molecular weight is 387 g/mol. The lowest BCUT2D eigenvalue weighted by atomic mass is 10.1. The molecule has 0 saturated carbocycles. The maximum Gasteiger partial charge on any atom is 0.251 e. The Labute approximate surface area is 150 Å². The van der Waals surface area contributed by atoms with Crippen molar-refractivity contribution in [2.75, 3.05) is 18.0 Å². The Morgan fingerprint density at radius 2 is 2.00 bits per heavy atom. The third-order valence-electron chi connectivity index (χ3n) is 4.19. The van der Waals surface area contributed by atoms with Crippen LogP contribution < -0.4 is 10.2 Å². The van der Waals surface area contributed by atoms with Crippen LogP contribution in [0.15, 0.2) is 53.0 Å². The summed E-state index contributed by atoms with van der Waals surface area (Å²) in [6.07, 6.45) is 0.465. The van der Waals surface area contributed by atoms with Gasteiger partial charge in [0.05, 0.1) is 0 Å². The third-order valence-corrected chi connectivity index (χ3v) is 4.68. The van der Waals surface area contributed by atoms with Gasteiger partial charge in [-0.25, -0.2) is 0 Å². The number of anilines is 1. The lowest BCUT2D eigenvalue weighted by Crippen LogP contribution is -2.31. The van der Waals surface area contributed by atoms with Crippen molar-refractivity contribution in [3.63, 3.8) is 0 Å². The molecule has 4 nitrogen and oxygen atoms in total. The zero-order chi connectivity index (χ0) is 17.1. The minimum atomic E-state index is -0.113. The first-order chi connectivity index (χ1) is 11.5. The number of benzene rings is 2. The highest BCUT2D eigenvalue weighted by atomic mass is 79.9. The molecule has 1 fully saturated rings. The summed E-state index contributed by atoms with van der Waals surface area (Å²) in [6, 6.07) is 15.2. The summed E-state index contributed by atoms with van der Waals surface area (Å²) in [6.45, 7) is 3.16. The van der Waals surface area contributed by atoms with E-state index in [9.17, 15) is 9.59 Å². The minimum Gasteiger partial charge on any atom is -0.352 e. The molecule has 0 radical (unpaired) electrons. The Morgan fingerprint density at radius 3 is 2.71 bits per heavy atom. The van der Waals surface area contributed by atoms with Gasteiger partial charge in [-0.1, -0.05) is 39.7 Å². The molecule has 1 heterocycles. The molecule has 0 bridgehead atoms. The second-order valence-corrected chi connectivity index (χ2v) is 7.05. The number of hydrogen-bond donors (Lipinski definition) is 1. The van der Waals surface area contributed by atoms with E-state index >= 15 is 0 Å². The van der Waals surface area contributed by atoms with Crippen LogP contribution in [0.5, 0.6) is 0 Å². The zero-order valence-corrected chi connectivity index (χ0v) is 15.0. The molecule has 2 amide bonds. The summed E-state index contributed by atoms with van der Waals surface area (Å²) in [5.74, 6) is 0.132. The standard InChI is InChI=1S/C19H19BrN2O2/c1-13-5-7-17(8-6-13)22-12-14(9-18(22)23)11-21-19(24)15-3-2-4-16(20)10-15/h2-8,10,14H,9,11-12H2,1H3,(H,21,24). The van der Waals surface area contributed by atoms with Crippen molar-refractivity contribution >= 4 is 33.4 Å². The molecule has 0 aliphatic carbocycles. The first-order valence-electron chi connectivity index (χ1n) is 7.94. The molecule has 1 N–H and O–H groups in total. The molecular formula is C19H19BrN2O2. The third kappa shape index (κ3) is 3.85. The van der Waals surface area contributed by atoms with Crippen LogP contribution >= 0.6 is 15.9 Å². The quantitative estimate of drug-likeness (QED) is 0.873. The van der Waals surface area contributed by atoms with Crippen LogP contribution in [0.25, 0.3) is 0 Å². The Kier molecular flexibility index (Phi) is 5.00. The van der Waals surface area contributed by atoms with Crippen molar-refractivity contribution in [2.45, 2.75) is 13.3 Å². The van der Waals surface area contributed by atoms with E-state index in [2.05, 4.69) is 21.2 Å². The first kappa shape index (κ1) is 16.7. The highest BCUT2D eigenvalue weighted by molar-refractivity contribution is 9.10. The van der Waals surface area contributed by atoms with E-state index < -0.39 is 0 Å². The Bertz CT molecular complexity index is 758. The maximum atomic E-state index is 12.2. The topological polar surface area (TPSA) is 49.4 Å². The molecule has 2 aromatic carbocycles. The van der Waals surface area contributed by atoms with Gasteiger partial charge in [0, 0.05) is 41.2 Å². The molecule has 0 spiro atoms. The van der Waals surface area contributed by atoms with Crippen LogP contribution in [0.3, 0.4) is 0 Å². The molecule has 1 atom stereocenters. The van der Waals surface area contributed by atoms with Crippen LogP contribution in [0, 0.1) is 12.8 Å². The number of rotatable bonds is 4. The van der Waals surface area contributed by atoms with Crippen molar-refractivity contribution in [2.24, 2.45) is 5.92 Å². The minimum absolute atomic E-state index is 0.112. The van der Waals surface area contributed by atoms with E-state index in [1.807, 2.05) is 43.3 Å². The normalized spacial score (nSPS) is 17.2. The molecule has 1 unspecified atom stereocenters. The molecule has 1 aliphatic heterocycles. The fourth-order valence-electron chi connectivity index (χ4n) is 2.86. The highest BCUT2D eigenvalue weighted by Crippen LogP contribution is 2.25. The largest absolute Gasteiger partial charge is 0.352 e. The first-order valence-corrected chi connectivity index (χ1v) is 8.73. The molecule has 1 saturated heterocycles. The lowest BCUT2D eigenvalue weighted by Gasteiger charge is -2.17.